The second-order valence-electron chi connectivity index (χ2n) is 7.77. The van der Waals surface area contributed by atoms with Crippen LogP contribution >= 0.6 is 0 Å². The average Bonchev–Trinajstić information content (AvgIpc) is 2.64. The van der Waals surface area contributed by atoms with Gasteiger partial charge in [-0.1, -0.05) is 30.7 Å². The van der Waals surface area contributed by atoms with Crippen LogP contribution in [0.5, 0.6) is 0 Å². The van der Waals surface area contributed by atoms with Gasteiger partial charge in [-0.15, -0.1) is 0 Å². The third-order valence-corrected chi connectivity index (χ3v) is 4.96. The molecule has 2 amide bonds. The molecule has 5 nitrogen and oxygen atoms in total. The van der Waals surface area contributed by atoms with Crippen LogP contribution in [-0.2, 0) is 4.79 Å². The largest absolute Gasteiger partial charge is 0.326 e. The van der Waals surface area contributed by atoms with E-state index in [9.17, 15) is 9.59 Å². The first-order valence-electron chi connectivity index (χ1n) is 9.67. The van der Waals surface area contributed by atoms with Crippen LogP contribution in [0.1, 0.15) is 42.3 Å². The van der Waals surface area contributed by atoms with Gasteiger partial charge in [-0.25, -0.2) is 0 Å². The monoisotopic (exact) mass is 381 g/mol. The molecule has 5 heteroatoms. The third kappa shape index (κ3) is 5.92. The molecule has 0 unspecified atom stereocenters. The first-order chi connectivity index (χ1) is 13.2. The standard InChI is InChI=1S/C23H31N3O2/c1-15(2)26(6)14-18(5)22(27)24-20-12-9-17(4)21(13-20)25-23(28)19-10-7-16(3)8-11-19/h7-13,15,18H,14H2,1-6H3,(H,24,27)(H,25,28)/t18-/m0/s1. The molecular formula is C23H31N3O2. The Kier molecular flexibility index (Phi) is 7.35. The number of benzene rings is 2. The van der Waals surface area contributed by atoms with Crippen molar-refractivity contribution < 1.29 is 9.59 Å². The molecule has 0 bridgehead atoms. The Morgan fingerprint density at radius 2 is 1.61 bits per heavy atom. The number of carbonyl (C=O) groups is 2. The Hall–Kier alpha value is -2.66. The van der Waals surface area contributed by atoms with Crippen molar-refractivity contribution in [2.45, 2.75) is 40.7 Å². The maximum atomic E-state index is 12.5. The number of anilines is 2. The van der Waals surface area contributed by atoms with E-state index in [1.807, 2.05) is 52.1 Å². The summed E-state index contributed by atoms with van der Waals surface area (Å²) < 4.78 is 0. The highest BCUT2D eigenvalue weighted by atomic mass is 16.2. The second kappa shape index (κ2) is 9.51. The van der Waals surface area contributed by atoms with E-state index >= 15 is 0 Å². The molecule has 28 heavy (non-hydrogen) atoms. The number of nitrogens with one attached hydrogen (secondary N) is 2. The van der Waals surface area contributed by atoms with Gasteiger partial charge in [0.1, 0.15) is 0 Å². The van der Waals surface area contributed by atoms with Gasteiger partial charge < -0.3 is 15.5 Å². The minimum atomic E-state index is -0.168. The van der Waals surface area contributed by atoms with Crippen molar-refractivity contribution in [3.05, 3.63) is 59.2 Å². The fourth-order valence-corrected chi connectivity index (χ4v) is 2.73. The summed E-state index contributed by atoms with van der Waals surface area (Å²) in [5, 5.41) is 5.89. The van der Waals surface area contributed by atoms with Crippen LogP contribution in [0, 0.1) is 19.8 Å². The number of rotatable bonds is 7. The van der Waals surface area contributed by atoms with E-state index in [1.165, 1.54) is 0 Å². The van der Waals surface area contributed by atoms with Gasteiger partial charge in [-0.3, -0.25) is 9.59 Å². The summed E-state index contributed by atoms with van der Waals surface area (Å²) in [6.07, 6.45) is 0. The number of carbonyl (C=O) groups excluding carboxylic acids is 2. The van der Waals surface area contributed by atoms with Crippen molar-refractivity contribution >= 4 is 23.2 Å². The predicted molar refractivity (Wildman–Crippen MR) is 116 cm³/mol. The Bertz CT molecular complexity index is 828. The van der Waals surface area contributed by atoms with Gasteiger partial charge >= 0.3 is 0 Å². The van der Waals surface area contributed by atoms with Crippen LogP contribution in [0.15, 0.2) is 42.5 Å². The van der Waals surface area contributed by atoms with Crippen molar-refractivity contribution in [3.63, 3.8) is 0 Å². The van der Waals surface area contributed by atoms with E-state index < -0.39 is 0 Å². The van der Waals surface area contributed by atoms with Gasteiger partial charge in [-0.2, -0.15) is 0 Å². The van der Waals surface area contributed by atoms with Crippen molar-refractivity contribution in [2.75, 3.05) is 24.2 Å². The normalized spacial score (nSPS) is 12.1. The zero-order valence-corrected chi connectivity index (χ0v) is 17.7. The molecule has 0 fully saturated rings. The average molecular weight is 382 g/mol. The molecule has 2 aromatic rings. The summed E-state index contributed by atoms with van der Waals surface area (Å²) in [6, 6.07) is 13.4. The highest BCUT2D eigenvalue weighted by Gasteiger charge is 2.17. The molecule has 0 spiro atoms. The zero-order valence-electron chi connectivity index (χ0n) is 17.7. The fourth-order valence-electron chi connectivity index (χ4n) is 2.73. The van der Waals surface area contributed by atoms with Crippen LogP contribution < -0.4 is 10.6 Å². The summed E-state index contributed by atoms with van der Waals surface area (Å²) in [5.41, 5.74) is 4.01. The Balaban J connectivity index is 2.07. The van der Waals surface area contributed by atoms with E-state index in [-0.39, 0.29) is 17.7 Å². The number of aryl methyl sites for hydroxylation is 2. The molecule has 2 aromatic carbocycles. The van der Waals surface area contributed by atoms with Crippen molar-refractivity contribution in [3.8, 4) is 0 Å². The van der Waals surface area contributed by atoms with Gasteiger partial charge in [0, 0.05) is 35.4 Å². The molecule has 1 atom stereocenters. The number of amides is 2. The van der Waals surface area contributed by atoms with Crippen molar-refractivity contribution in [1.82, 2.24) is 4.90 Å². The number of nitrogens with zero attached hydrogens (tertiary/aromatic N) is 1. The van der Waals surface area contributed by atoms with Crippen LogP contribution in [-0.4, -0.2) is 36.3 Å². The molecule has 0 aliphatic rings. The molecule has 0 heterocycles. The van der Waals surface area contributed by atoms with Gasteiger partial charge in [-0.05, 0) is 64.6 Å². The lowest BCUT2D eigenvalue weighted by Crippen LogP contribution is -2.35. The lowest BCUT2D eigenvalue weighted by atomic mass is 10.1. The van der Waals surface area contributed by atoms with E-state index in [0.717, 1.165) is 11.1 Å². The maximum absolute atomic E-state index is 12.5. The Morgan fingerprint density at radius 1 is 0.964 bits per heavy atom. The predicted octanol–water partition coefficient (Wildman–Crippen LogP) is 4.47. The first-order valence-corrected chi connectivity index (χ1v) is 9.67. The summed E-state index contributed by atoms with van der Waals surface area (Å²) in [7, 11) is 2.01. The summed E-state index contributed by atoms with van der Waals surface area (Å²) in [6.45, 7) is 10.7. The molecule has 0 radical (unpaired) electrons. The van der Waals surface area contributed by atoms with Crippen LogP contribution in [0.4, 0.5) is 11.4 Å². The van der Waals surface area contributed by atoms with Crippen LogP contribution in [0.3, 0.4) is 0 Å². The lowest BCUT2D eigenvalue weighted by molar-refractivity contribution is -0.120. The molecule has 0 saturated heterocycles. The molecule has 0 aliphatic carbocycles. The third-order valence-electron chi connectivity index (χ3n) is 4.96. The van der Waals surface area contributed by atoms with Gasteiger partial charge in [0.15, 0.2) is 0 Å². The van der Waals surface area contributed by atoms with E-state index in [0.29, 0.717) is 29.5 Å². The molecule has 2 N–H and O–H groups in total. The Morgan fingerprint density at radius 3 is 2.21 bits per heavy atom. The topological polar surface area (TPSA) is 61.4 Å². The smallest absolute Gasteiger partial charge is 0.255 e. The van der Waals surface area contributed by atoms with Crippen molar-refractivity contribution in [1.29, 1.82) is 0 Å². The van der Waals surface area contributed by atoms with Gasteiger partial charge in [0.05, 0.1) is 0 Å². The highest BCUT2D eigenvalue weighted by molar-refractivity contribution is 6.05. The first kappa shape index (κ1) is 21.6. The second-order valence-corrected chi connectivity index (χ2v) is 7.77. The molecular weight excluding hydrogens is 350 g/mol. The maximum Gasteiger partial charge on any atom is 0.255 e. The van der Waals surface area contributed by atoms with E-state index in [2.05, 4.69) is 29.4 Å². The lowest BCUT2D eigenvalue weighted by Gasteiger charge is -2.24. The SMILES string of the molecule is Cc1ccc(C(=O)Nc2cc(NC(=O)[C@@H](C)CN(C)C(C)C)ccc2C)cc1. The van der Waals surface area contributed by atoms with Crippen LogP contribution in [0.25, 0.3) is 0 Å². The molecule has 0 aromatic heterocycles. The summed E-state index contributed by atoms with van der Waals surface area (Å²) in [5.74, 6) is -0.343. The Labute approximate surface area is 168 Å². The molecule has 2 rings (SSSR count). The molecule has 0 saturated carbocycles. The minimum Gasteiger partial charge on any atom is -0.326 e. The quantitative estimate of drug-likeness (QED) is 0.744. The highest BCUT2D eigenvalue weighted by Crippen LogP contribution is 2.22. The van der Waals surface area contributed by atoms with E-state index in [1.54, 1.807) is 18.2 Å². The van der Waals surface area contributed by atoms with Gasteiger partial charge in [0.25, 0.3) is 5.91 Å². The summed E-state index contributed by atoms with van der Waals surface area (Å²) >= 11 is 0. The summed E-state index contributed by atoms with van der Waals surface area (Å²) in [4.78, 5) is 27.2. The van der Waals surface area contributed by atoms with Gasteiger partial charge in [0.2, 0.25) is 5.91 Å². The molecule has 150 valence electrons. The van der Waals surface area contributed by atoms with Crippen molar-refractivity contribution in [2.24, 2.45) is 5.92 Å². The molecule has 0 aliphatic heterocycles. The fraction of sp³-hybridized carbons (Fsp3) is 0.391. The van der Waals surface area contributed by atoms with E-state index in [4.69, 9.17) is 0 Å². The number of hydrogen-bond donors (Lipinski definition) is 2. The van der Waals surface area contributed by atoms with Crippen LogP contribution in [0.2, 0.25) is 0 Å². The zero-order chi connectivity index (χ0) is 20.8. The minimum absolute atomic E-state index is 0.0350. The number of hydrogen-bond acceptors (Lipinski definition) is 3.